The number of carboxylic acids is 1. The highest BCUT2D eigenvalue weighted by Gasteiger charge is 2.19. The van der Waals surface area contributed by atoms with Crippen LogP contribution in [0.25, 0.3) is 0 Å². The zero-order valence-electron chi connectivity index (χ0n) is 12.9. The molecule has 0 aliphatic carbocycles. The number of Topliss-reactive ketones (excluding diaryl/α,β-unsaturated/α-hetero) is 2. The summed E-state index contributed by atoms with van der Waals surface area (Å²) in [6.45, 7) is 0. The van der Waals surface area contributed by atoms with E-state index in [0.29, 0.717) is 0 Å². The molecule has 0 atom stereocenters. The quantitative estimate of drug-likeness (QED) is 0.419. The lowest BCUT2D eigenvalue weighted by molar-refractivity contribution is -0.148. The van der Waals surface area contributed by atoms with E-state index in [1.165, 1.54) is 18.2 Å². The van der Waals surface area contributed by atoms with Crippen LogP contribution in [-0.2, 0) is 19.6 Å². The van der Waals surface area contributed by atoms with Crippen molar-refractivity contribution in [3.8, 4) is 0 Å². The molecular formula is C16H11ClFNO6S. The number of sulfonamides is 1. The molecule has 2 rings (SSSR count). The van der Waals surface area contributed by atoms with E-state index in [9.17, 15) is 27.2 Å². The Morgan fingerprint density at radius 3 is 2.42 bits per heavy atom. The lowest BCUT2D eigenvalue weighted by Gasteiger charge is -2.09. The van der Waals surface area contributed by atoms with E-state index in [1.807, 2.05) is 0 Å². The second-order valence-corrected chi connectivity index (χ2v) is 7.18. The summed E-state index contributed by atoms with van der Waals surface area (Å²) in [5.74, 6) is -4.56. The summed E-state index contributed by atoms with van der Waals surface area (Å²) in [5.41, 5.74) is -0.0454. The Bertz CT molecular complexity index is 1010. The number of halogens is 2. The maximum atomic E-state index is 13.2. The predicted molar refractivity (Wildman–Crippen MR) is 90.3 cm³/mol. The minimum absolute atomic E-state index is 0.000860. The molecular weight excluding hydrogens is 389 g/mol. The number of aliphatic carboxylic acids is 1. The van der Waals surface area contributed by atoms with Crippen molar-refractivity contribution in [1.82, 2.24) is 0 Å². The maximum absolute atomic E-state index is 13.2. The van der Waals surface area contributed by atoms with Crippen LogP contribution >= 0.6 is 11.6 Å². The molecule has 10 heteroatoms. The molecule has 0 heterocycles. The Balaban J connectivity index is 2.24. The fourth-order valence-electron chi connectivity index (χ4n) is 1.94. The highest BCUT2D eigenvalue weighted by Crippen LogP contribution is 2.22. The minimum Gasteiger partial charge on any atom is -0.475 e. The van der Waals surface area contributed by atoms with Crippen LogP contribution in [-0.4, -0.2) is 31.1 Å². The summed E-state index contributed by atoms with van der Waals surface area (Å²) in [6, 6.07) is 8.01. The molecule has 0 fully saturated rings. The molecule has 2 aromatic carbocycles. The molecule has 7 nitrogen and oxygen atoms in total. The first-order chi connectivity index (χ1) is 12.1. The molecule has 26 heavy (non-hydrogen) atoms. The lowest BCUT2D eigenvalue weighted by Crippen LogP contribution is -2.17. The Hall–Kier alpha value is -2.78. The van der Waals surface area contributed by atoms with E-state index in [-0.39, 0.29) is 21.2 Å². The van der Waals surface area contributed by atoms with Crippen LogP contribution in [0.15, 0.2) is 47.4 Å². The van der Waals surface area contributed by atoms with Crippen LogP contribution in [0.4, 0.5) is 10.1 Å². The van der Waals surface area contributed by atoms with Gasteiger partial charge in [-0.2, -0.15) is 0 Å². The highest BCUT2D eigenvalue weighted by molar-refractivity contribution is 7.92. The number of ketones is 2. The van der Waals surface area contributed by atoms with Gasteiger partial charge in [0.15, 0.2) is 5.78 Å². The third-order valence-electron chi connectivity index (χ3n) is 3.20. The number of anilines is 1. The predicted octanol–water partition coefficient (Wildman–Crippen LogP) is 2.51. The summed E-state index contributed by atoms with van der Waals surface area (Å²) in [7, 11) is -4.11. The van der Waals surface area contributed by atoms with Crippen LogP contribution in [0, 0.1) is 5.82 Å². The number of carbonyl (C=O) groups is 3. The van der Waals surface area contributed by atoms with Gasteiger partial charge in [0.1, 0.15) is 5.82 Å². The van der Waals surface area contributed by atoms with Gasteiger partial charge in [-0.1, -0.05) is 23.7 Å². The Morgan fingerprint density at radius 2 is 1.81 bits per heavy atom. The van der Waals surface area contributed by atoms with E-state index in [0.717, 1.165) is 24.3 Å². The Labute approximate surface area is 152 Å². The molecule has 0 saturated carbocycles. The number of hydrogen-bond acceptors (Lipinski definition) is 5. The topological polar surface area (TPSA) is 118 Å². The largest absolute Gasteiger partial charge is 0.475 e. The monoisotopic (exact) mass is 399 g/mol. The third-order valence-corrected chi connectivity index (χ3v) is 4.87. The maximum Gasteiger partial charge on any atom is 0.372 e. The SMILES string of the molecule is O=C(O)C(=O)CC(=O)c1cccc(NS(=O)(=O)c2ccc(F)c(Cl)c2)c1. The fourth-order valence-corrected chi connectivity index (χ4v) is 3.26. The molecule has 0 unspecified atom stereocenters. The van der Waals surface area contributed by atoms with Gasteiger partial charge in [-0.25, -0.2) is 17.6 Å². The first-order valence-electron chi connectivity index (χ1n) is 6.97. The van der Waals surface area contributed by atoms with Crippen molar-refractivity contribution in [2.45, 2.75) is 11.3 Å². The Morgan fingerprint density at radius 1 is 1.12 bits per heavy atom. The zero-order chi connectivity index (χ0) is 19.5. The number of nitrogens with one attached hydrogen (secondary N) is 1. The standard InChI is InChI=1S/C16H11ClFNO6S/c17-12-7-11(4-5-13(12)18)26(24,25)19-10-3-1-2-9(6-10)14(20)8-15(21)16(22)23/h1-7,19H,8H2,(H,22,23). The second-order valence-electron chi connectivity index (χ2n) is 5.09. The zero-order valence-corrected chi connectivity index (χ0v) is 14.5. The summed E-state index contributed by atoms with van der Waals surface area (Å²) < 4.78 is 40.0. The lowest BCUT2D eigenvalue weighted by atomic mass is 10.1. The number of carbonyl (C=O) groups excluding carboxylic acids is 2. The van der Waals surface area contributed by atoms with Crippen LogP contribution in [0.3, 0.4) is 0 Å². The first kappa shape index (κ1) is 19.5. The van der Waals surface area contributed by atoms with Crippen molar-refractivity contribution in [3.63, 3.8) is 0 Å². The van der Waals surface area contributed by atoms with Crippen molar-refractivity contribution in [2.24, 2.45) is 0 Å². The number of hydrogen-bond donors (Lipinski definition) is 2. The number of benzene rings is 2. The fraction of sp³-hybridized carbons (Fsp3) is 0.0625. The van der Waals surface area contributed by atoms with Crippen LogP contribution < -0.4 is 4.72 Å². The van der Waals surface area contributed by atoms with Crippen molar-refractivity contribution in [3.05, 3.63) is 58.9 Å². The van der Waals surface area contributed by atoms with Crippen LogP contribution in [0.1, 0.15) is 16.8 Å². The second kappa shape index (κ2) is 7.63. The van der Waals surface area contributed by atoms with Gasteiger partial charge in [0.05, 0.1) is 16.3 Å². The summed E-state index contributed by atoms with van der Waals surface area (Å²) >= 11 is 5.57. The molecule has 0 aromatic heterocycles. The van der Waals surface area contributed by atoms with E-state index in [1.54, 1.807) is 0 Å². The smallest absolute Gasteiger partial charge is 0.372 e. The Kier molecular flexibility index (Phi) is 5.73. The van der Waals surface area contributed by atoms with Gasteiger partial charge in [0.25, 0.3) is 10.0 Å². The van der Waals surface area contributed by atoms with Gasteiger partial charge < -0.3 is 5.11 Å². The molecule has 0 radical (unpaired) electrons. The van der Waals surface area contributed by atoms with Gasteiger partial charge in [-0.05, 0) is 30.3 Å². The molecule has 0 aliphatic rings. The summed E-state index contributed by atoms with van der Waals surface area (Å²) in [6.07, 6.45) is -0.848. The van der Waals surface area contributed by atoms with E-state index < -0.39 is 39.8 Å². The molecule has 0 amide bonds. The van der Waals surface area contributed by atoms with Crippen molar-refractivity contribution >= 4 is 44.8 Å². The molecule has 2 N–H and O–H groups in total. The van der Waals surface area contributed by atoms with Gasteiger partial charge in [-0.15, -0.1) is 0 Å². The summed E-state index contributed by atoms with van der Waals surface area (Å²) in [4.78, 5) is 33.2. The van der Waals surface area contributed by atoms with E-state index in [2.05, 4.69) is 4.72 Å². The molecule has 0 bridgehead atoms. The minimum atomic E-state index is -4.11. The van der Waals surface area contributed by atoms with Gasteiger partial charge >= 0.3 is 5.97 Å². The van der Waals surface area contributed by atoms with Gasteiger partial charge in [-0.3, -0.25) is 14.3 Å². The third kappa shape index (κ3) is 4.64. The van der Waals surface area contributed by atoms with Crippen molar-refractivity contribution in [1.29, 1.82) is 0 Å². The van der Waals surface area contributed by atoms with Crippen molar-refractivity contribution in [2.75, 3.05) is 4.72 Å². The average molecular weight is 400 g/mol. The van der Waals surface area contributed by atoms with Gasteiger partial charge in [0.2, 0.25) is 5.78 Å². The van der Waals surface area contributed by atoms with E-state index in [4.69, 9.17) is 16.7 Å². The van der Waals surface area contributed by atoms with Crippen LogP contribution in [0.2, 0.25) is 5.02 Å². The first-order valence-corrected chi connectivity index (χ1v) is 8.83. The number of rotatable bonds is 7. The molecule has 0 spiro atoms. The highest BCUT2D eigenvalue weighted by atomic mass is 35.5. The van der Waals surface area contributed by atoms with Gasteiger partial charge in [0, 0.05) is 11.3 Å². The number of carboxylic acid groups (broad SMARTS) is 1. The molecule has 0 saturated heterocycles. The van der Waals surface area contributed by atoms with E-state index >= 15 is 0 Å². The molecule has 0 aliphatic heterocycles. The normalized spacial score (nSPS) is 11.0. The van der Waals surface area contributed by atoms with Crippen LogP contribution in [0.5, 0.6) is 0 Å². The molecule has 136 valence electrons. The molecule has 2 aromatic rings. The summed E-state index contributed by atoms with van der Waals surface area (Å²) in [5, 5.41) is 8.15. The average Bonchev–Trinajstić information content (AvgIpc) is 2.56. The van der Waals surface area contributed by atoms with Crippen molar-refractivity contribution < 1.29 is 32.3 Å².